The third-order valence-corrected chi connectivity index (χ3v) is 3.49. The second-order valence-electron chi connectivity index (χ2n) is 5.11. The molecule has 2 rings (SSSR count). The number of aliphatic hydroxyl groups excluding tert-OH is 1. The zero-order valence-electron chi connectivity index (χ0n) is 10.8. The maximum Gasteiger partial charge on any atom is 0.131 e. The fourth-order valence-corrected chi connectivity index (χ4v) is 2.56. The number of aryl methyl sites for hydroxylation is 2. The second-order valence-corrected chi connectivity index (χ2v) is 5.11. The molecule has 0 aromatic carbocycles. The number of rotatable bonds is 3. The minimum Gasteiger partial charge on any atom is -0.393 e. The van der Waals surface area contributed by atoms with Crippen LogP contribution in [-0.4, -0.2) is 21.2 Å². The van der Waals surface area contributed by atoms with Crippen LogP contribution in [0.5, 0.6) is 0 Å². The molecule has 3 nitrogen and oxygen atoms in total. The van der Waals surface area contributed by atoms with Crippen molar-refractivity contribution >= 4 is 0 Å². The molecule has 1 saturated carbocycles. The van der Waals surface area contributed by atoms with Gasteiger partial charge in [-0.3, -0.25) is 0 Å². The molecule has 0 atom stereocenters. The topological polar surface area (TPSA) is 46.0 Å². The highest BCUT2D eigenvalue weighted by molar-refractivity contribution is 5.13. The van der Waals surface area contributed by atoms with Gasteiger partial charge in [0, 0.05) is 17.3 Å². The Labute approximate surface area is 103 Å². The van der Waals surface area contributed by atoms with Gasteiger partial charge in [0.1, 0.15) is 5.82 Å². The molecule has 3 heteroatoms. The molecule has 0 saturated heterocycles. The van der Waals surface area contributed by atoms with Crippen molar-refractivity contribution in [1.82, 2.24) is 9.97 Å². The molecule has 1 fully saturated rings. The maximum atomic E-state index is 9.53. The van der Waals surface area contributed by atoms with Crippen molar-refractivity contribution in [2.24, 2.45) is 0 Å². The Balaban J connectivity index is 2.14. The van der Waals surface area contributed by atoms with Crippen LogP contribution >= 0.6 is 0 Å². The Morgan fingerprint density at radius 1 is 1.24 bits per heavy atom. The lowest BCUT2D eigenvalue weighted by molar-refractivity contribution is 0.121. The van der Waals surface area contributed by atoms with Gasteiger partial charge >= 0.3 is 0 Å². The van der Waals surface area contributed by atoms with Gasteiger partial charge in [-0.15, -0.1) is 0 Å². The van der Waals surface area contributed by atoms with Crippen LogP contribution < -0.4 is 0 Å². The van der Waals surface area contributed by atoms with E-state index in [0.29, 0.717) is 5.92 Å². The highest BCUT2D eigenvalue weighted by Crippen LogP contribution is 2.31. The van der Waals surface area contributed by atoms with Crippen LogP contribution in [0.25, 0.3) is 0 Å². The van der Waals surface area contributed by atoms with Crippen molar-refractivity contribution < 1.29 is 5.11 Å². The smallest absolute Gasteiger partial charge is 0.131 e. The molecular formula is C14H22N2O. The molecule has 0 unspecified atom stereocenters. The van der Waals surface area contributed by atoms with E-state index in [1.165, 1.54) is 5.69 Å². The maximum absolute atomic E-state index is 9.53. The fraction of sp³-hybridized carbons (Fsp3) is 0.714. The molecule has 1 aromatic heterocycles. The highest BCUT2D eigenvalue weighted by Gasteiger charge is 2.23. The summed E-state index contributed by atoms with van der Waals surface area (Å²) in [6.07, 6.45) is 5.89. The molecule has 0 radical (unpaired) electrons. The molecular weight excluding hydrogens is 212 g/mol. The van der Waals surface area contributed by atoms with Crippen LogP contribution in [0.1, 0.15) is 62.2 Å². The molecule has 0 aliphatic heterocycles. The first-order valence-corrected chi connectivity index (χ1v) is 6.71. The van der Waals surface area contributed by atoms with Crippen molar-refractivity contribution in [1.29, 1.82) is 0 Å². The molecule has 1 aliphatic carbocycles. The minimum absolute atomic E-state index is 0.105. The monoisotopic (exact) mass is 234 g/mol. The lowest BCUT2D eigenvalue weighted by Gasteiger charge is -2.24. The minimum atomic E-state index is -0.105. The summed E-state index contributed by atoms with van der Waals surface area (Å²) in [5.74, 6) is 1.45. The van der Waals surface area contributed by atoms with Gasteiger partial charge in [0.25, 0.3) is 0 Å². The summed E-state index contributed by atoms with van der Waals surface area (Å²) in [4.78, 5) is 9.25. The first-order chi connectivity index (χ1) is 8.19. The van der Waals surface area contributed by atoms with Crippen LogP contribution in [0.4, 0.5) is 0 Å². The van der Waals surface area contributed by atoms with Crippen LogP contribution in [0.15, 0.2) is 6.07 Å². The van der Waals surface area contributed by atoms with Gasteiger partial charge < -0.3 is 5.11 Å². The Morgan fingerprint density at radius 2 is 1.94 bits per heavy atom. The molecule has 1 heterocycles. The number of aromatic nitrogens is 2. The van der Waals surface area contributed by atoms with Crippen molar-refractivity contribution in [2.75, 3.05) is 0 Å². The zero-order chi connectivity index (χ0) is 12.3. The van der Waals surface area contributed by atoms with E-state index in [4.69, 9.17) is 0 Å². The largest absolute Gasteiger partial charge is 0.393 e. The van der Waals surface area contributed by atoms with Gasteiger partial charge in [-0.25, -0.2) is 9.97 Å². The van der Waals surface area contributed by atoms with Crippen molar-refractivity contribution in [3.8, 4) is 0 Å². The normalized spacial score (nSPS) is 24.9. The predicted octanol–water partition coefficient (Wildman–Crippen LogP) is 2.76. The lowest BCUT2D eigenvalue weighted by atomic mass is 9.87. The fourth-order valence-electron chi connectivity index (χ4n) is 2.56. The molecule has 1 N–H and O–H groups in total. The zero-order valence-corrected chi connectivity index (χ0v) is 10.8. The molecule has 0 bridgehead atoms. The summed E-state index contributed by atoms with van der Waals surface area (Å²) in [7, 11) is 0. The summed E-state index contributed by atoms with van der Waals surface area (Å²) in [5, 5.41) is 9.53. The average Bonchev–Trinajstić information content (AvgIpc) is 2.29. The van der Waals surface area contributed by atoms with E-state index >= 15 is 0 Å². The van der Waals surface area contributed by atoms with Crippen LogP contribution in [0.3, 0.4) is 0 Å². The van der Waals surface area contributed by atoms with E-state index in [1.807, 2.05) is 6.92 Å². The van der Waals surface area contributed by atoms with E-state index in [-0.39, 0.29) is 6.10 Å². The first-order valence-electron chi connectivity index (χ1n) is 6.71. The van der Waals surface area contributed by atoms with Gasteiger partial charge in [-0.1, -0.05) is 13.3 Å². The van der Waals surface area contributed by atoms with E-state index in [9.17, 15) is 5.11 Å². The molecule has 1 aliphatic rings. The number of hydrogen-bond donors (Lipinski definition) is 1. The summed E-state index contributed by atoms with van der Waals surface area (Å²) < 4.78 is 0. The van der Waals surface area contributed by atoms with E-state index in [2.05, 4.69) is 23.0 Å². The third kappa shape index (κ3) is 3.25. The number of aliphatic hydroxyl groups is 1. The number of nitrogens with zero attached hydrogens (tertiary/aromatic N) is 2. The van der Waals surface area contributed by atoms with Crippen LogP contribution in [-0.2, 0) is 6.42 Å². The third-order valence-electron chi connectivity index (χ3n) is 3.49. The standard InChI is InChI=1S/C14H22N2O/c1-3-4-12-9-10(2)15-14(16-12)11-5-7-13(17)8-6-11/h9,11,13,17H,3-8H2,1-2H3. The summed E-state index contributed by atoms with van der Waals surface area (Å²) in [6.45, 7) is 4.22. The Kier molecular flexibility index (Phi) is 4.11. The van der Waals surface area contributed by atoms with Crippen LogP contribution in [0.2, 0.25) is 0 Å². The number of hydrogen-bond acceptors (Lipinski definition) is 3. The van der Waals surface area contributed by atoms with Crippen LogP contribution in [0, 0.1) is 6.92 Å². The summed E-state index contributed by atoms with van der Waals surface area (Å²) >= 11 is 0. The van der Waals surface area contributed by atoms with E-state index in [0.717, 1.165) is 50.0 Å². The Bertz CT molecular complexity index is 370. The second kappa shape index (κ2) is 5.58. The predicted molar refractivity (Wildman–Crippen MR) is 68.0 cm³/mol. The molecule has 17 heavy (non-hydrogen) atoms. The summed E-state index contributed by atoms with van der Waals surface area (Å²) in [6, 6.07) is 2.09. The van der Waals surface area contributed by atoms with Gasteiger partial charge in [0.2, 0.25) is 0 Å². The highest BCUT2D eigenvalue weighted by atomic mass is 16.3. The Hall–Kier alpha value is -0.960. The van der Waals surface area contributed by atoms with Crippen molar-refractivity contribution in [3.05, 3.63) is 23.3 Å². The molecule has 94 valence electrons. The SMILES string of the molecule is CCCc1cc(C)nc(C2CCC(O)CC2)n1. The molecule has 0 amide bonds. The van der Waals surface area contributed by atoms with Gasteiger partial charge in [-0.05, 0) is 45.1 Å². The molecule has 1 aromatic rings. The van der Waals surface area contributed by atoms with Gasteiger partial charge in [-0.2, -0.15) is 0 Å². The van der Waals surface area contributed by atoms with E-state index in [1.54, 1.807) is 0 Å². The van der Waals surface area contributed by atoms with Gasteiger partial charge in [0.15, 0.2) is 0 Å². The average molecular weight is 234 g/mol. The first kappa shape index (κ1) is 12.5. The van der Waals surface area contributed by atoms with Gasteiger partial charge in [0.05, 0.1) is 6.10 Å². The Morgan fingerprint density at radius 3 is 2.59 bits per heavy atom. The summed E-state index contributed by atoms with van der Waals surface area (Å²) in [5.41, 5.74) is 2.24. The quantitative estimate of drug-likeness (QED) is 0.874. The molecule has 0 spiro atoms. The lowest BCUT2D eigenvalue weighted by Crippen LogP contribution is -2.19. The van der Waals surface area contributed by atoms with Crippen molar-refractivity contribution in [3.63, 3.8) is 0 Å². The van der Waals surface area contributed by atoms with Crippen molar-refractivity contribution in [2.45, 2.75) is 64.4 Å². The van der Waals surface area contributed by atoms with E-state index < -0.39 is 0 Å².